The van der Waals surface area contributed by atoms with Gasteiger partial charge in [0.1, 0.15) is 11.0 Å². The Morgan fingerprint density at radius 1 is 1.00 bits per heavy atom. The highest BCUT2D eigenvalue weighted by Gasteiger charge is 2.17. The number of nitrogens with two attached hydrogens (primary N) is 2. The molecule has 21 heavy (non-hydrogen) atoms. The van der Waals surface area contributed by atoms with Gasteiger partial charge in [0, 0.05) is 5.54 Å². The summed E-state index contributed by atoms with van der Waals surface area (Å²) in [5.74, 6) is 0. The van der Waals surface area contributed by atoms with Gasteiger partial charge in [-0.25, -0.2) is 8.93 Å². The standard InChI is InChI=1S/C16H21N3OS/c1-16(2,3)19-21(20)15-7-5-4-6-12(15)11-8-9-13(17)14(18)10-11/h4-10,19H,17-18H2,1-3H3. The van der Waals surface area contributed by atoms with Crippen LogP contribution in [0.3, 0.4) is 0 Å². The zero-order valence-electron chi connectivity index (χ0n) is 12.5. The Bertz CT molecular complexity index is 677. The number of nitrogens with one attached hydrogen (secondary N) is 1. The van der Waals surface area contributed by atoms with Gasteiger partial charge < -0.3 is 11.5 Å². The van der Waals surface area contributed by atoms with Crippen molar-refractivity contribution >= 4 is 22.4 Å². The monoisotopic (exact) mass is 303 g/mol. The zero-order chi connectivity index (χ0) is 15.6. The zero-order valence-corrected chi connectivity index (χ0v) is 13.3. The van der Waals surface area contributed by atoms with Gasteiger partial charge in [0.25, 0.3) is 0 Å². The molecule has 0 saturated heterocycles. The first kappa shape index (κ1) is 15.5. The summed E-state index contributed by atoms with van der Waals surface area (Å²) in [7, 11) is -1.30. The minimum Gasteiger partial charge on any atom is -0.397 e. The second kappa shape index (κ2) is 5.87. The van der Waals surface area contributed by atoms with Crippen molar-refractivity contribution in [3.8, 4) is 11.1 Å². The molecule has 1 unspecified atom stereocenters. The molecule has 2 aromatic rings. The molecule has 0 aliphatic heterocycles. The summed E-state index contributed by atoms with van der Waals surface area (Å²) in [6, 6.07) is 13.0. The van der Waals surface area contributed by atoms with Crippen molar-refractivity contribution < 1.29 is 4.21 Å². The van der Waals surface area contributed by atoms with Gasteiger partial charge in [0.15, 0.2) is 0 Å². The molecular weight excluding hydrogens is 282 g/mol. The fraction of sp³-hybridized carbons (Fsp3) is 0.250. The Morgan fingerprint density at radius 3 is 2.29 bits per heavy atom. The Kier molecular flexibility index (Phi) is 4.34. The molecule has 0 fully saturated rings. The number of benzene rings is 2. The van der Waals surface area contributed by atoms with Crippen LogP contribution in [0, 0.1) is 0 Å². The number of rotatable bonds is 3. The lowest BCUT2D eigenvalue weighted by Crippen LogP contribution is -2.37. The average Bonchev–Trinajstić information content (AvgIpc) is 2.40. The van der Waals surface area contributed by atoms with Gasteiger partial charge in [-0.05, 0) is 50.1 Å². The second-order valence-electron chi connectivity index (χ2n) is 5.96. The summed E-state index contributed by atoms with van der Waals surface area (Å²) in [4.78, 5) is 0.733. The lowest BCUT2D eigenvalue weighted by atomic mass is 10.0. The first-order valence-corrected chi connectivity index (χ1v) is 7.87. The molecule has 0 aliphatic carbocycles. The highest BCUT2D eigenvalue weighted by atomic mass is 32.2. The average molecular weight is 303 g/mol. The molecule has 5 N–H and O–H groups in total. The molecule has 0 amide bonds. The van der Waals surface area contributed by atoms with Crippen LogP contribution in [-0.4, -0.2) is 9.75 Å². The molecule has 2 aromatic carbocycles. The van der Waals surface area contributed by atoms with E-state index >= 15 is 0 Å². The Labute approximate surface area is 128 Å². The predicted octanol–water partition coefficient (Wildman–Crippen LogP) is 2.93. The fourth-order valence-corrected chi connectivity index (χ4v) is 3.20. The van der Waals surface area contributed by atoms with E-state index in [1.54, 1.807) is 6.07 Å². The quantitative estimate of drug-likeness (QED) is 0.763. The molecule has 1 atom stereocenters. The van der Waals surface area contributed by atoms with Gasteiger partial charge in [-0.3, -0.25) is 0 Å². The summed E-state index contributed by atoms with van der Waals surface area (Å²) < 4.78 is 15.6. The van der Waals surface area contributed by atoms with Gasteiger partial charge in [-0.15, -0.1) is 0 Å². The molecular formula is C16H21N3OS. The summed E-state index contributed by atoms with van der Waals surface area (Å²) >= 11 is 0. The summed E-state index contributed by atoms with van der Waals surface area (Å²) in [5, 5.41) is 0. The van der Waals surface area contributed by atoms with E-state index in [1.807, 2.05) is 57.2 Å². The van der Waals surface area contributed by atoms with Crippen molar-refractivity contribution in [3.05, 3.63) is 42.5 Å². The molecule has 2 rings (SSSR count). The first-order valence-electron chi connectivity index (χ1n) is 6.72. The number of nitrogen functional groups attached to an aromatic ring is 2. The fourth-order valence-electron chi connectivity index (χ4n) is 1.94. The topological polar surface area (TPSA) is 81.1 Å². The summed E-state index contributed by atoms with van der Waals surface area (Å²) in [5.41, 5.74) is 14.2. The van der Waals surface area contributed by atoms with E-state index in [0.29, 0.717) is 11.4 Å². The van der Waals surface area contributed by atoms with Crippen LogP contribution in [-0.2, 0) is 11.0 Å². The molecule has 5 heteroatoms. The second-order valence-corrected chi connectivity index (χ2v) is 7.14. The normalized spacial score (nSPS) is 13.1. The predicted molar refractivity (Wildman–Crippen MR) is 90.0 cm³/mol. The maximum atomic E-state index is 12.6. The van der Waals surface area contributed by atoms with E-state index in [2.05, 4.69) is 4.72 Å². The van der Waals surface area contributed by atoms with Crippen LogP contribution in [0.1, 0.15) is 20.8 Å². The van der Waals surface area contributed by atoms with Crippen molar-refractivity contribution in [2.75, 3.05) is 11.5 Å². The van der Waals surface area contributed by atoms with E-state index in [-0.39, 0.29) is 5.54 Å². The maximum absolute atomic E-state index is 12.6. The molecule has 0 aromatic heterocycles. The van der Waals surface area contributed by atoms with Crippen LogP contribution in [0.15, 0.2) is 47.4 Å². The molecule has 0 saturated carbocycles. The third kappa shape index (κ3) is 3.83. The van der Waals surface area contributed by atoms with Crippen LogP contribution < -0.4 is 16.2 Å². The van der Waals surface area contributed by atoms with Crippen molar-refractivity contribution in [1.29, 1.82) is 0 Å². The van der Waals surface area contributed by atoms with Gasteiger partial charge in [-0.1, -0.05) is 24.3 Å². The highest BCUT2D eigenvalue weighted by Crippen LogP contribution is 2.29. The van der Waals surface area contributed by atoms with Crippen LogP contribution >= 0.6 is 0 Å². The van der Waals surface area contributed by atoms with E-state index in [0.717, 1.165) is 16.0 Å². The third-order valence-corrected chi connectivity index (χ3v) is 4.44. The highest BCUT2D eigenvalue weighted by molar-refractivity contribution is 7.83. The minimum atomic E-state index is -1.30. The smallest absolute Gasteiger partial charge is 0.126 e. The van der Waals surface area contributed by atoms with Crippen LogP contribution in [0.25, 0.3) is 11.1 Å². The molecule has 112 valence electrons. The third-order valence-electron chi connectivity index (χ3n) is 2.88. The van der Waals surface area contributed by atoms with Crippen molar-refractivity contribution in [1.82, 2.24) is 4.72 Å². The SMILES string of the molecule is CC(C)(C)NS(=O)c1ccccc1-c1ccc(N)c(N)c1. The lowest BCUT2D eigenvalue weighted by molar-refractivity contribution is 0.520. The summed E-state index contributed by atoms with van der Waals surface area (Å²) in [6.07, 6.45) is 0. The van der Waals surface area contributed by atoms with Gasteiger partial charge >= 0.3 is 0 Å². The first-order chi connectivity index (χ1) is 9.78. The van der Waals surface area contributed by atoms with E-state index in [1.165, 1.54) is 0 Å². The largest absolute Gasteiger partial charge is 0.397 e. The minimum absolute atomic E-state index is 0.238. The Hall–Kier alpha value is -1.85. The molecule has 0 heterocycles. The number of anilines is 2. The van der Waals surface area contributed by atoms with E-state index in [4.69, 9.17) is 11.5 Å². The molecule has 0 aliphatic rings. The van der Waals surface area contributed by atoms with Crippen LogP contribution in [0.2, 0.25) is 0 Å². The van der Waals surface area contributed by atoms with Gasteiger partial charge in [0.2, 0.25) is 0 Å². The summed E-state index contributed by atoms with van der Waals surface area (Å²) in [6.45, 7) is 5.94. The number of hydrogen-bond donors (Lipinski definition) is 3. The van der Waals surface area contributed by atoms with E-state index < -0.39 is 11.0 Å². The maximum Gasteiger partial charge on any atom is 0.126 e. The van der Waals surface area contributed by atoms with E-state index in [9.17, 15) is 4.21 Å². The van der Waals surface area contributed by atoms with Crippen LogP contribution in [0.5, 0.6) is 0 Å². The van der Waals surface area contributed by atoms with Gasteiger partial charge in [0.05, 0.1) is 16.3 Å². The molecule has 0 radical (unpaired) electrons. The molecule has 0 spiro atoms. The van der Waals surface area contributed by atoms with Gasteiger partial charge in [-0.2, -0.15) is 0 Å². The molecule has 4 nitrogen and oxygen atoms in total. The number of hydrogen-bond acceptors (Lipinski definition) is 3. The van der Waals surface area contributed by atoms with Crippen molar-refractivity contribution in [2.45, 2.75) is 31.2 Å². The Morgan fingerprint density at radius 2 is 1.67 bits per heavy atom. The Balaban J connectivity index is 2.46. The lowest BCUT2D eigenvalue weighted by Gasteiger charge is -2.20. The van der Waals surface area contributed by atoms with Crippen molar-refractivity contribution in [2.24, 2.45) is 0 Å². The van der Waals surface area contributed by atoms with Crippen LogP contribution in [0.4, 0.5) is 11.4 Å². The van der Waals surface area contributed by atoms with Crippen molar-refractivity contribution in [3.63, 3.8) is 0 Å². The molecule has 0 bridgehead atoms.